The fraction of sp³-hybridized carbons (Fsp3) is 0.750. The van der Waals surface area contributed by atoms with Crippen LogP contribution in [0.25, 0.3) is 0 Å². The molecule has 0 aromatic carbocycles. The van der Waals surface area contributed by atoms with Gasteiger partial charge in [-0.3, -0.25) is 14.6 Å². The Morgan fingerprint density at radius 3 is 2.74 bits per heavy atom. The normalized spacial score (nSPS) is 25.6. The highest BCUT2D eigenvalue weighted by molar-refractivity contribution is 6.02. The molecule has 0 amide bonds. The molecule has 0 aliphatic carbocycles. The van der Waals surface area contributed by atoms with E-state index in [4.69, 9.17) is 10.8 Å². The second kappa shape index (κ2) is 6.01. The van der Waals surface area contributed by atoms with Gasteiger partial charge in [-0.25, -0.2) is 0 Å². The van der Waals surface area contributed by atoms with Crippen LogP contribution in [0.1, 0.15) is 33.6 Å². The summed E-state index contributed by atoms with van der Waals surface area (Å²) >= 11 is 0. The Bertz CT molecular complexity index is 392. The number of hydrogen-bond donors (Lipinski definition) is 4. The van der Waals surface area contributed by atoms with Crippen LogP contribution in [0.15, 0.2) is 4.99 Å². The van der Waals surface area contributed by atoms with Crippen LogP contribution in [0.2, 0.25) is 0 Å². The maximum Gasteiger partial charge on any atom is 0.320 e. The van der Waals surface area contributed by atoms with Gasteiger partial charge in [-0.15, -0.1) is 0 Å². The van der Waals surface area contributed by atoms with Crippen molar-refractivity contribution < 1.29 is 14.7 Å². The average molecular weight is 270 g/mol. The molecule has 1 saturated heterocycles. The number of aliphatic imine (C=N–C) groups is 1. The van der Waals surface area contributed by atoms with Gasteiger partial charge in [0.1, 0.15) is 6.04 Å². The Morgan fingerprint density at radius 2 is 2.21 bits per heavy atom. The number of nitrogens with two attached hydrogens (primary N) is 1. The van der Waals surface area contributed by atoms with Crippen LogP contribution in [0.5, 0.6) is 0 Å². The van der Waals surface area contributed by atoms with Crippen molar-refractivity contribution in [3.8, 4) is 0 Å². The SMILES string of the molecule is CC1NC(=NCCCC(N)C(=O)O)NC(C)(C)C1=O. The molecule has 1 aliphatic rings. The molecule has 5 N–H and O–H groups in total. The molecule has 0 bridgehead atoms. The highest BCUT2D eigenvalue weighted by atomic mass is 16.4. The number of hydrogen-bond acceptors (Lipinski definition) is 4. The minimum absolute atomic E-state index is 0.0827. The van der Waals surface area contributed by atoms with Gasteiger partial charge < -0.3 is 21.5 Å². The number of nitrogens with one attached hydrogen (secondary N) is 2. The number of aliphatic carboxylic acids is 1. The van der Waals surface area contributed by atoms with Crippen molar-refractivity contribution in [2.24, 2.45) is 10.7 Å². The summed E-state index contributed by atoms with van der Waals surface area (Å²) in [7, 11) is 0. The van der Waals surface area contributed by atoms with Gasteiger partial charge in [0.2, 0.25) is 0 Å². The predicted octanol–water partition coefficient (Wildman–Crippen LogP) is -0.536. The van der Waals surface area contributed by atoms with Crippen LogP contribution in [-0.2, 0) is 9.59 Å². The van der Waals surface area contributed by atoms with Crippen LogP contribution in [0.4, 0.5) is 0 Å². The Kier molecular flexibility index (Phi) is 4.88. The van der Waals surface area contributed by atoms with Crippen molar-refractivity contribution in [1.82, 2.24) is 10.6 Å². The molecule has 0 spiro atoms. The number of carbonyl (C=O) groups excluding carboxylic acids is 1. The Balaban J connectivity index is 2.46. The topological polar surface area (TPSA) is 117 Å². The van der Waals surface area contributed by atoms with E-state index in [0.717, 1.165) is 0 Å². The van der Waals surface area contributed by atoms with E-state index in [1.165, 1.54) is 0 Å². The molecule has 0 aromatic heterocycles. The first-order valence-corrected chi connectivity index (χ1v) is 6.36. The van der Waals surface area contributed by atoms with Gasteiger partial charge in [-0.1, -0.05) is 0 Å². The van der Waals surface area contributed by atoms with E-state index < -0.39 is 17.6 Å². The lowest BCUT2D eigenvalue weighted by Gasteiger charge is -2.36. The summed E-state index contributed by atoms with van der Waals surface area (Å²) in [5.41, 5.74) is 4.76. The summed E-state index contributed by atoms with van der Waals surface area (Å²) in [6.07, 6.45) is 0.965. The quantitative estimate of drug-likeness (QED) is 0.499. The second-order valence-electron chi connectivity index (χ2n) is 5.30. The van der Waals surface area contributed by atoms with Gasteiger partial charge in [-0.2, -0.15) is 0 Å². The molecule has 1 fully saturated rings. The largest absolute Gasteiger partial charge is 0.480 e. The zero-order chi connectivity index (χ0) is 14.6. The van der Waals surface area contributed by atoms with Crippen molar-refractivity contribution in [3.63, 3.8) is 0 Å². The standard InChI is InChI=1S/C12H22N4O3/c1-7-9(17)12(2,3)16-11(15-7)14-6-4-5-8(13)10(18)19/h7-8H,4-6,13H2,1-3H3,(H,18,19)(H2,14,15,16). The molecule has 2 unspecified atom stereocenters. The van der Waals surface area contributed by atoms with E-state index >= 15 is 0 Å². The maximum atomic E-state index is 11.8. The third-order valence-corrected chi connectivity index (χ3v) is 3.05. The number of guanidine groups is 1. The van der Waals surface area contributed by atoms with Gasteiger partial charge in [0.25, 0.3) is 0 Å². The first kappa shape index (κ1) is 15.4. The summed E-state index contributed by atoms with van der Waals surface area (Å²) in [5, 5.41) is 14.6. The van der Waals surface area contributed by atoms with E-state index in [9.17, 15) is 9.59 Å². The zero-order valence-electron chi connectivity index (χ0n) is 11.6. The minimum Gasteiger partial charge on any atom is -0.480 e. The highest BCUT2D eigenvalue weighted by Crippen LogP contribution is 2.11. The summed E-state index contributed by atoms with van der Waals surface area (Å²) in [4.78, 5) is 26.6. The number of ketones is 1. The molecule has 1 aliphatic heterocycles. The number of carbonyl (C=O) groups is 2. The van der Waals surface area contributed by atoms with Crippen LogP contribution in [0, 0.1) is 0 Å². The average Bonchev–Trinajstić information content (AvgIpc) is 2.30. The van der Waals surface area contributed by atoms with Gasteiger partial charge in [0.05, 0.1) is 11.6 Å². The Labute approximate surface area is 112 Å². The van der Waals surface area contributed by atoms with Gasteiger partial charge in [0, 0.05) is 6.54 Å². The van der Waals surface area contributed by atoms with Crippen molar-refractivity contribution in [2.75, 3.05) is 6.54 Å². The molecule has 0 aromatic rings. The number of rotatable bonds is 5. The molecule has 1 heterocycles. The summed E-state index contributed by atoms with van der Waals surface area (Å²) in [5.74, 6) is -0.345. The van der Waals surface area contributed by atoms with Crippen molar-refractivity contribution in [1.29, 1.82) is 0 Å². The molecule has 7 nitrogen and oxygen atoms in total. The first-order valence-electron chi connectivity index (χ1n) is 6.36. The Hall–Kier alpha value is -1.63. The van der Waals surface area contributed by atoms with E-state index in [0.29, 0.717) is 25.3 Å². The van der Waals surface area contributed by atoms with E-state index in [2.05, 4.69) is 15.6 Å². The molecule has 1 rings (SSSR count). The predicted molar refractivity (Wildman–Crippen MR) is 72.0 cm³/mol. The van der Waals surface area contributed by atoms with Crippen molar-refractivity contribution >= 4 is 17.7 Å². The molecule has 108 valence electrons. The van der Waals surface area contributed by atoms with Gasteiger partial charge in [0.15, 0.2) is 11.7 Å². The lowest BCUT2D eigenvalue weighted by Crippen LogP contribution is -2.66. The zero-order valence-corrected chi connectivity index (χ0v) is 11.6. The van der Waals surface area contributed by atoms with Crippen LogP contribution < -0.4 is 16.4 Å². The molecule has 7 heteroatoms. The van der Waals surface area contributed by atoms with Crippen LogP contribution in [-0.4, -0.2) is 47.0 Å². The number of nitrogens with zero attached hydrogens (tertiary/aromatic N) is 1. The molecule has 0 saturated carbocycles. The summed E-state index contributed by atoms with van der Waals surface area (Å²) < 4.78 is 0. The molecular weight excluding hydrogens is 248 g/mol. The number of carboxylic acid groups (broad SMARTS) is 1. The number of carboxylic acids is 1. The monoisotopic (exact) mass is 270 g/mol. The number of Topliss-reactive ketones (excluding diaryl/α,β-unsaturated/α-hetero) is 1. The molecule has 0 radical (unpaired) electrons. The third-order valence-electron chi connectivity index (χ3n) is 3.05. The minimum atomic E-state index is -0.998. The maximum absolute atomic E-state index is 11.8. The summed E-state index contributed by atoms with van der Waals surface area (Å²) in [6, 6.07) is -1.12. The lowest BCUT2D eigenvalue weighted by atomic mass is 9.92. The second-order valence-corrected chi connectivity index (χ2v) is 5.30. The highest BCUT2D eigenvalue weighted by Gasteiger charge is 2.37. The van der Waals surface area contributed by atoms with Gasteiger partial charge in [-0.05, 0) is 33.6 Å². The van der Waals surface area contributed by atoms with Gasteiger partial charge >= 0.3 is 5.97 Å². The third kappa shape index (κ3) is 4.20. The van der Waals surface area contributed by atoms with Crippen molar-refractivity contribution in [3.05, 3.63) is 0 Å². The summed E-state index contributed by atoms with van der Waals surface area (Å²) in [6.45, 7) is 5.87. The van der Waals surface area contributed by atoms with Crippen LogP contribution >= 0.6 is 0 Å². The molecule has 19 heavy (non-hydrogen) atoms. The first-order chi connectivity index (χ1) is 8.74. The van der Waals surface area contributed by atoms with Crippen LogP contribution in [0.3, 0.4) is 0 Å². The molecule has 2 atom stereocenters. The lowest BCUT2D eigenvalue weighted by molar-refractivity contribution is -0.138. The Morgan fingerprint density at radius 1 is 1.58 bits per heavy atom. The smallest absolute Gasteiger partial charge is 0.320 e. The fourth-order valence-electron chi connectivity index (χ4n) is 1.92. The van der Waals surface area contributed by atoms with E-state index in [1.807, 2.05) is 13.8 Å². The van der Waals surface area contributed by atoms with E-state index in [1.54, 1.807) is 6.92 Å². The fourth-order valence-corrected chi connectivity index (χ4v) is 1.92. The van der Waals surface area contributed by atoms with Crippen molar-refractivity contribution in [2.45, 2.75) is 51.2 Å². The molecular formula is C12H22N4O3. The van der Waals surface area contributed by atoms with E-state index in [-0.39, 0.29) is 11.8 Å².